The minimum Gasteiger partial charge on any atom is -0.341 e. The third-order valence-corrected chi connectivity index (χ3v) is 8.06. The normalized spacial score (nSPS) is 14.7. The van der Waals surface area contributed by atoms with Crippen LogP contribution in [0, 0.1) is 5.92 Å². The summed E-state index contributed by atoms with van der Waals surface area (Å²) in [5.41, 5.74) is 1.53. The molecule has 3 aromatic rings. The third kappa shape index (κ3) is 5.62. The van der Waals surface area contributed by atoms with Gasteiger partial charge in [-0.2, -0.15) is 0 Å². The summed E-state index contributed by atoms with van der Waals surface area (Å²) in [5, 5.41) is 3.05. The topological polar surface area (TPSA) is 106 Å². The molecular weight excluding hydrogens is 466 g/mol. The maximum atomic E-state index is 13.2. The van der Waals surface area contributed by atoms with E-state index in [2.05, 4.69) is 12.2 Å². The number of sulfone groups is 1. The van der Waals surface area contributed by atoms with Crippen molar-refractivity contribution in [1.82, 2.24) is 9.47 Å². The van der Waals surface area contributed by atoms with Crippen molar-refractivity contribution in [3.63, 3.8) is 0 Å². The van der Waals surface area contributed by atoms with Gasteiger partial charge in [0.15, 0.2) is 15.6 Å². The van der Waals surface area contributed by atoms with Crippen LogP contribution in [0.1, 0.15) is 37.0 Å². The first-order chi connectivity index (χ1) is 16.6. The fraction of sp³-hybridized carbons (Fsp3) is 0.346. The van der Waals surface area contributed by atoms with E-state index in [9.17, 15) is 22.8 Å². The number of hydrogen-bond acceptors (Lipinski definition) is 5. The van der Waals surface area contributed by atoms with E-state index < -0.39 is 21.5 Å². The predicted molar refractivity (Wildman–Crippen MR) is 134 cm³/mol. The number of benzene rings is 2. The second-order valence-electron chi connectivity index (χ2n) is 9.14. The summed E-state index contributed by atoms with van der Waals surface area (Å²) in [6.45, 7) is 5.07. The number of piperidine rings is 1. The summed E-state index contributed by atoms with van der Waals surface area (Å²) < 4.78 is 28.1. The van der Waals surface area contributed by atoms with E-state index in [0.29, 0.717) is 41.2 Å². The van der Waals surface area contributed by atoms with Crippen LogP contribution in [0.25, 0.3) is 10.9 Å². The Labute approximate surface area is 204 Å². The first-order valence-electron chi connectivity index (χ1n) is 11.6. The van der Waals surface area contributed by atoms with Gasteiger partial charge in [-0.25, -0.2) is 8.42 Å². The van der Waals surface area contributed by atoms with Gasteiger partial charge in [0.05, 0.1) is 4.90 Å². The Morgan fingerprint density at radius 2 is 1.66 bits per heavy atom. The molecular formula is C26H29N3O5S. The van der Waals surface area contributed by atoms with Gasteiger partial charge >= 0.3 is 0 Å². The molecule has 184 valence electrons. The average Bonchev–Trinajstić information content (AvgIpc) is 3.19. The Morgan fingerprint density at radius 3 is 2.31 bits per heavy atom. The molecule has 0 saturated carbocycles. The number of carbonyl (C=O) groups excluding carboxylic acids is 3. The number of fused-ring (bicyclic) bond motifs is 1. The largest absolute Gasteiger partial charge is 0.341 e. The molecule has 0 radical (unpaired) electrons. The minimum atomic E-state index is -3.99. The molecule has 1 aliphatic rings. The van der Waals surface area contributed by atoms with Gasteiger partial charge in [0, 0.05) is 41.4 Å². The molecule has 1 saturated heterocycles. The van der Waals surface area contributed by atoms with E-state index >= 15 is 0 Å². The number of Topliss-reactive ketones (excluding diaryl/α,β-unsaturated/α-hetero) is 1. The van der Waals surface area contributed by atoms with Gasteiger partial charge in [0.25, 0.3) is 0 Å². The minimum absolute atomic E-state index is 0.0234. The highest BCUT2D eigenvalue weighted by atomic mass is 32.2. The lowest BCUT2D eigenvalue weighted by molar-refractivity contribution is -0.133. The molecule has 0 bridgehead atoms. The Bertz CT molecular complexity index is 1370. The molecule has 2 heterocycles. The van der Waals surface area contributed by atoms with Crippen LogP contribution in [0.2, 0.25) is 0 Å². The summed E-state index contributed by atoms with van der Waals surface area (Å²) in [7, 11) is -3.99. The average molecular weight is 496 g/mol. The molecule has 1 N–H and O–H groups in total. The zero-order valence-electron chi connectivity index (χ0n) is 19.9. The monoisotopic (exact) mass is 495 g/mol. The second-order valence-corrected chi connectivity index (χ2v) is 11.1. The van der Waals surface area contributed by atoms with Gasteiger partial charge in [0.1, 0.15) is 12.3 Å². The predicted octanol–water partition coefficient (Wildman–Crippen LogP) is 3.51. The lowest BCUT2D eigenvalue weighted by Gasteiger charge is -2.30. The van der Waals surface area contributed by atoms with Crippen LogP contribution in [-0.4, -0.2) is 54.3 Å². The van der Waals surface area contributed by atoms with Crippen LogP contribution in [0.3, 0.4) is 0 Å². The van der Waals surface area contributed by atoms with Gasteiger partial charge in [-0.3, -0.25) is 14.4 Å². The van der Waals surface area contributed by atoms with E-state index in [-0.39, 0.29) is 23.1 Å². The number of ketones is 1. The molecule has 0 atom stereocenters. The Morgan fingerprint density at radius 1 is 1.00 bits per heavy atom. The van der Waals surface area contributed by atoms with Crippen molar-refractivity contribution in [3.05, 3.63) is 60.3 Å². The van der Waals surface area contributed by atoms with Gasteiger partial charge < -0.3 is 14.8 Å². The zero-order chi connectivity index (χ0) is 25.2. The van der Waals surface area contributed by atoms with E-state index in [1.807, 2.05) is 4.90 Å². The summed E-state index contributed by atoms with van der Waals surface area (Å²) in [4.78, 5) is 38.7. The highest BCUT2D eigenvalue weighted by Crippen LogP contribution is 2.27. The summed E-state index contributed by atoms with van der Waals surface area (Å²) in [5.74, 6) is -0.978. The quantitative estimate of drug-likeness (QED) is 0.505. The number of nitrogens with one attached hydrogen (secondary N) is 1. The molecule has 2 amide bonds. The fourth-order valence-electron chi connectivity index (χ4n) is 4.33. The molecule has 0 spiro atoms. The Kier molecular flexibility index (Phi) is 7.07. The Hall–Kier alpha value is -3.46. The number of hydrogen-bond donors (Lipinski definition) is 1. The molecule has 35 heavy (non-hydrogen) atoms. The molecule has 4 rings (SSSR count). The van der Waals surface area contributed by atoms with Crippen LogP contribution in [0.15, 0.2) is 59.6 Å². The van der Waals surface area contributed by atoms with Gasteiger partial charge in [-0.1, -0.05) is 25.1 Å². The number of amides is 2. The van der Waals surface area contributed by atoms with Crippen LogP contribution >= 0.6 is 0 Å². The number of anilines is 1. The third-order valence-electron chi connectivity index (χ3n) is 6.43. The maximum absolute atomic E-state index is 13.2. The summed E-state index contributed by atoms with van der Waals surface area (Å²) >= 11 is 0. The van der Waals surface area contributed by atoms with Gasteiger partial charge in [-0.15, -0.1) is 0 Å². The van der Waals surface area contributed by atoms with Crippen LogP contribution < -0.4 is 5.32 Å². The molecule has 1 fully saturated rings. The van der Waals surface area contributed by atoms with Crippen molar-refractivity contribution < 1.29 is 22.8 Å². The second kappa shape index (κ2) is 10.0. The van der Waals surface area contributed by atoms with Crippen molar-refractivity contribution in [2.24, 2.45) is 5.92 Å². The first kappa shape index (κ1) is 24.7. The molecule has 1 aliphatic heterocycles. The highest BCUT2D eigenvalue weighted by molar-refractivity contribution is 7.92. The lowest BCUT2D eigenvalue weighted by atomic mass is 9.99. The van der Waals surface area contributed by atoms with E-state index in [1.54, 1.807) is 53.1 Å². The Balaban J connectivity index is 1.52. The number of likely N-dealkylation sites (tertiary alicyclic amines) is 1. The van der Waals surface area contributed by atoms with Gasteiger partial charge in [0.2, 0.25) is 11.8 Å². The van der Waals surface area contributed by atoms with Crippen molar-refractivity contribution in [3.8, 4) is 0 Å². The number of aromatic nitrogens is 1. The van der Waals surface area contributed by atoms with Crippen molar-refractivity contribution in [2.75, 3.05) is 24.2 Å². The first-order valence-corrected chi connectivity index (χ1v) is 13.3. The van der Waals surface area contributed by atoms with Gasteiger partial charge in [-0.05, 0) is 56.0 Å². The summed E-state index contributed by atoms with van der Waals surface area (Å²) in [6, 6.07) is 13.2. The highest BCUT2D eigenvalue weighted by Gasteiger charge is 2.26. The molecule has 9 heteroatoms. The summed E-state index contributed by atoms with van der Waals surface area (Å²) in [6.07, 6.45) is 3.38. The number of para-hydroxylation sites is 1. The van der Waals surface area contributed by atoms with Crippen molar-refractivity contribution >= 4 is 44.0 Å². The van der Waals surface area contributed by atoms with E-state index in [1.165, 1.54) is 13.1 Å². The number of nitrogens with zero attached hydrogens (tertiary/aromatic N) is 2. The fourth-order valence-corrected chi connectivity index (χ4v) is 5.70. The molecule has 0 unspecified atom stereocenters. The van der Waals surface area contributed by atoms with Crippen molar-refractivity contribution in [2.45, 2.75) is 38.1 Å². The van der Waals surface area contributed by atoms with E-state index in [4.69, 9.17) is 0 Å². The lowest BCUT2D eigenvalue weighted by Crippen LogP contribution is -2.39. The number of carbonyl (C=O) groups is 3. The smallest absolute Gasteiger partial charge is 0.242 e. The number of rotatable bonds is 7. The standard InChI is InChI=1S/C26H29N3O5S/c1-18-11-13-28(14-12-18)26(32)16-29-15-24(22-5-3-4-6-23(22)29)35(33,34)17-25(31)27-21-9-7-20(8-10-21)19(2)30/h3-10,15,18H,11-14,16-17H2,1-2H3,(H,27,31). The zero-order valence-corrected chi connectivity index (χ0v) is 20.7. The van der Waals surface area contributed by atoms with Crippen LogP contribution in [0.5, 0.6) is 0 Å². The molecule has 0 aliphatic carbocycles. The SMILES string of the molecule is CC(=O)c1ccc(NC(=O)CS(=O)(=O)c2cn(CC(=O)N3CCC(C)CC3)c3ccccc23)cc1. The van der Waals surface area contributed by atoms with Crippen LogP contribution in [-0.2, 0) is 26.0 Å². The van der Waals surface area contributed by atoms with Crippen LogP contribution in [0.4, 0.5) is 5.69 Å². The molecule has 1 aromatic heterocycles. The maximum Gasteiger partial charge on any atom is 0.242 e. The van der Waals surface area contributed by atoms with Crippen molar-refractivity contribution in [1.29, 1.82) is 0 Å². The van der Waals surface area contributed by atoms with E-state index in [0.717, 1.165) is 12.8 Å². The molecule has 8 nitrogen and oxygen atoms in total. The molecule has 2 aromatic carbocycles.